The zero-order valence-corrected chi connectivity index (χ0v) is 16.1. The first kappa shape index (κ1) is 17.7. The van der Waals surface area contributed by atoms with E-state index in [9.17, 15) is 4.79 Å². The van der Waals surface area contributed by atoms with Crippen molar-refractivity contribution in [2.75, 3.05) is 19.6 Å². The van der Waals surface area contributed by atoms with E-state index in [0.29, 0.717) is 23.6 Å². The maximum absolute atomic E-state index is 12.8. The average Bonchev–Trinajstić information content (AvgIpc) is 2.76. The Morgan fingerprint density at radius 1 is 1.00 bits per heavy atom. The lowest BCUT2D eigenvalue weighted by molar-refractivity contribution is 0.0834. The van der Waals surface area contributed by atoms with Gasteiger partial charge in [0.15, 0.2) is 5.43 Å². The molecule has 144 valence electrons. The van der Waals surface area contributed by atoms with Crippen LogP contribution in [0.25, 0.3) is 11.0 Å². The van der Waals surface area contributed by atoms with Crippen LogP contribution in [-0.4, -0.2) is 35.5 Å². The molecular formula is C24H26N2O2. The number of nitrogens with zero attached hydrogens (tertiary/aromatic N) is 2. The molecule has 3 heterocycles. The standard InChI is InChI=1S/C24H26N2O2/c27-24-20(17-28-23-10-4-3-9-22(23)24)14-25-12-5-8-21(16-25)26-13-11-18-6-1-2-7-19(18)15-26/h1-4,6-7,9-10,17,21H,5,8,11-16H2. The number of hydrogen-bond donors (Lipinski definition) is 0. The quantitative estimate of drug-likeness (QED) is 0.698. The summed E-state index contributed by atoms with van der Waals surface area (Å²) in [4.78, 5) is 17.9. The predicted octanol–water partition coefficient (Wildman–Crippen LogP) is 3.82. The minimum atomic E-state index is 0.107. The molecule has 4 nitrogen and oxygen atoms in total. The van der Waals surface area contributed by atoms with Crippen LogP contribution in [0, 0.1) is 0 Å². The van der Waals surface area contributed by atoms with Gasteiger partial charge in [0.1, 0.15) is 5.58 Å². The molecule has 1 unspecified atom stereocenters. The summed E-state index contributed by atoms with van der Waals surface area (Å²) in [5.74, 6) is 0. The molecule has 0 radical (unpaired) electrons. The van der Waals surface area contributed by atoms with Gasteiger partial charge in [-0.15, -0.1) is 0 Å². The molecule has 4 heteroatoms. The third-order valence-electron chi connectivity index (χ3n) is 6.30. The Kier molecular flexibility index (Phi) is 4.75. The van der Waals surface area contributed by atoms with Crippen molar-refractivity contribution in [2.24, 2.45) is 0 Å². The van der Waals surface area contributed by atoms with E-state index in [1.54, 1.807) is 6.26 Å². The van der Waals surface area contributed by atoms with Crippen molar-refractivity contribution in [1.82, 2.24) is 9.80 Å². The lowest BCUT2D eigenvalue weighted by atomic mass is 9.96. The molecule has 1 atom stereocenters. The van der Waals surface area contributed by atoms with Crippen LogP contribution < -0.4 is 5.43 Å². The zero-order chi connectivity index (χ0) is 18.9. The van der Waals surface area contributed by atoms with Crippen LogP contribution in [0.3, 0.4) is 0 Å². The Morgan fingerprint density at radius 2 is 1.82 bits per heavy atom. The van der Waals surface area contributed by atoms with Crippen molar-refractivity contribution in [3.63, 3.8) is 0 Å². The fourth-order valence-corrected chi connectivity index (χ4v) is 4.77. The number of likely N-dealkylation sites (tertiary alicyclic amines) is 1. The van der Waals surface area contributed by atoms with Gasteiger partial charge < -0.3 is 4.42 Å². The molecule has 0 saturated carbocycles. The highest BCUT2D eigenvalue weighted by atomic mass is 16.3. The van der Waals surface area contributed by atoms with Crippen LogP contribution in [0.15, 0.2) is 64.0 Å². The average molecular weight is 374 g/mol. The van der Waals surface area contributed by atoms with E-state index in [1.807, 2.05) is 24.3 Å². The molecule has 0 spiro atoms. The molecule has 1 fully saturated rings. The van der Waals surface area contributed by atoms with Crippen molar-refractivity contribution in [3.8, 4) is 0 Å². The largest absolute Gasteiger partial charge is 0.464 e. The molecule has 5 rings (SSSR count). The number of piperidine rings is 1. The zero-order valence-electron chi connectivity index (χ0n) is 16.1. The first-order valence-electron chi connectivity index (χ1n) is 10.3. The van der Waals surface area contributed by atoms with Crippen molar-refractivity contribution in [3.05, 3.63) is 81.7 Å². The van der Waals surface area contributed by atoms with Crippen LogP contribution in [0.1, 0.15) is 29.5 Å². The highest BCUT2D eigenvalue weighted by molar-refractivity contribution is 5.76. The molecule has 28 heavy (non-hydrogen) atoms. The summed E-state index contributed by atoms with van der Waals surface area (Å²) in [5, 5.41) is 0.682. The predicted molar refractivity (Wildman–Crippen MR) is 111 cm³/mol. The molecule has 0 amide bonds. The smallest absolute Gasteiger partial charge is 0.197 e. The van der Waals surface area contributed by atoms with E-state index in [4.69, 9.17) is 4.42 Å². The topological polar surface area (TPSA) is 36.7 Å². The third kappa shape index (κ3) is 3.38. The van der Waals surface area contributed by atoms with Crippen LogP contribution in [0.5, 0.6) is 0 Å². The van der Waals surface area contributed by atoms with E-state index in [1.165, 1.54) is 24.0 Å². The van der Waals surface area contributed by atoms with E-state index >= 15 is 0 Å². The normalized spacial score (nSPS) is 20.9. The maximum atomic E-state index is 12.8. The van der Waals surface area contributed by atoms with Gasteiger partial charge in [-0.3, -0.25) is 14.6 Å². The molecule has 0 N–H and O–H groups in total. The van der Waals surface area contributed by atoms with Gasteiger partial charge in [-0.25, -0.2) is 0 Å². The van der Waals surface area contributed by atoms with Gasteiger partial charge in [-0.05, 0) is 49.1 Å². The van der Waals surface area contributed by atoms with Gasteiger partial charge >= 0.3 is 0 Å². The van der Waals surface area contributed by atoms with E-state index < -0.39 is 0 Å². The van der Waals surface area contributed by atoms with Crippen molar-refractivity contribution >= 4 is 11.0 Å². The molecule has 2 aliphatic heterocycles. The van der Waals surface area contributed by atoms with Gasteiger partial charge in [0.2, 0.25) is 0 Å². The monoisotopic (exact) mass is 374 g/mol. The molecule has 2 aromatic carbocycles. The van der Waals surface area contributed by atoms with E-state index in [-0.39, 0.29) is 5.43 Å². The van der Waals surface area contributed by atoms with Crippen LogP contribution in [0.4, 0.5) is 0 Å². The molecule has 0 bridgehead atoms. The summed E-state index contributed by atoms with van der Waals surface area (Å²) in [6, 6.07) is 16.9. The second-order valence-corrected chi connectivity index (χ2v) is 8.11. The molecule has 3 aromatic rings. The van der Waals surface area contributed by atoms with Gasteiger partial charge in [-0.2, -0.15) is 0 Å². The van der Waals surface area contributed by atoms with E-state index in [0.717, 1.165) is 38.2 Å². The van der Waals surface area contributed by atoms with Gasteiger partial charge in [0, 0.05) is 37.8 Å². The van der Waals surface area contributed by atoms with Crippen LogP contribution >= 0.6 is 0 Å². The van der Waals surface area contributed by atoms with Gasteiger partial charge in [-0.1, -0.05) is 36.4 Å². The van der Waals surface area contributed by atoms with Crippen LogP contribution in [0.2, 0.25) is 0 Å². The Balaban J connectivity index is 1.30. The minimum absolute atomic E-state index is 0.107. The van der Waals surface area contributed by atoms with Gasteiger partial charge in [0.25, 0.3) is 0 Å². The fourth-order valence-electron chi connectivity index (χ4n) is 4.77. The van der Waals surface area contributed by atoms with E-state index in [2.05, 4.69) is 34.1 Å². The summed E-state index contributed by atoms with van der Waals surface area (Å²) in [5.41, 5.74) is 4.51. The first-order chi connectivity index (χ1) is 13.8. The molecule has 0 aliphatic carbocycles. The second kappa shape index (κ2) is 7.53. The molecule has 1 saturated heterocycles. The summed E-state index contributed by atoms with van der Waals surface area (Å²) in [7, 11) is 0. The van der Waals surface area contributed by atoms with Crippen molar-refractivity contribution in [1.29, 1.82) is 0 Å². The Morgan fingerprint density at radius 3 is 2.75 bits per heavy atom. The fraction of sp³-hybridized carbons (Fsp3) is 0.375. The second-order valence-electron chi connectivity index (χ2n) is 8.11. The molecular weight excluding hydrogens is 348 g/mol. The SMILES string of the molecule is O=c1c(CN2CCCC(N3CCc4ccccc4C3)C2)coc2ccccc12. The lowest BCUT2D eigenvalue weighted by Gasteiger charge is -2.41. The number of benzene rings is 2. The summed E-state index contributed by atoms with van der Waals surface area (Å²) < 4.78 is 5.71. The minimum Gasteiger partial charge on any atom is -0.464 e. The number of fused-ring (bicyclic) bond motifs is 2. The lowest BCUT2D eigenvalue weighted by Crippen LogP contribution is -2.49. The Hall–Kier alpha value is -2.43. The Labute approximate surface area is 165 Å². The highest BCUT2D eigenvalue weighted by Crippen LogP contribution is 2.25. The summed E-state index contributed by atoms with van der Waals surface area (Å²) in [6.07, 6.45) is 5.22. The van der Waals surface area contributed by atoms with Crippen LogP contribution in [-0.2, 0) is 19.5 Å². The summed E-state index contributed by atoms with van der Waals surface area (Å²) in [6.45, 7) is 4.93. The molecule has 1 aromatic heterocycles. The van der Waals surface area contributed by atoms with Crippen molar-refractivity contribution in [2.45, 2.75) is 38.4 Å². The third-order valence-corrected chi connectivity index (χ3v) is 6.30. The number of rotatable bonds is 3. The molecule has 2 aliphatic rings. The number of para-hydroxylation sites is 1. The highest BCUT2D eigenvalue weighted by Gasteiger charge is 2.28. The Bertz CT molecular complexity index is 1040. The number of hydrogen-bond acceptors (Lipinski definition) is 4. The van der Waals surface area contributed by atoms with Gasteiger partial charge in [0.05, 0.1) is 11.6 Å². The van der Waals surface area contributed by atoms with Crippen molar-refractivity contribution < 1.29 is 4.42 Å². The summed E-state index contributed by atoms with van der Waals surface area (Å²) >= 11 is 0. The maximum Gasteiger partial charge on any atom is 0.197 e. The first-order valence-corrected chi connectivity index (χ1v) is 10.3.